The van der Waals surface area contributed by atoms with Gasteiger partial charge >= 0.3 is 0 Å². The molecule has 25 heavy (non-hydrogen) atoms. The second-order valence-electron chi connectivity index (χ2n) is 6.54. The summed E-state index contributed by atoms with van der Waals surface area (Å²) in [7, 11) is 0. The number of aliphatic hydroxyl groups excluding tert-OH is 1. The van der Waals surface area contributed by atoms with E-state index in [0.29, 0.717) is 25.8 Å². The topological polar surface area (TPSA) is 49.3 Å². The fourth-order valence-electron chi connectivity index (χ4n) is 3.33. The molecular formula is C20H21F2NO2. The molecule has 1 fully saturated rings. The van der Waals surface area contributed by atoms with Gasteiger partial charge in [0.15, 0.2) is 0 Å². The number of aliphatic hydroxyl groups is 1. The number of rotatable bonds is 6. The third-order valence-corrected chi connectivity index (χ3v) is 4.99. The van der Waals surface area contributed by atoms with Crippen molar-refractivity contribution in [2.24, 2.45) is 0 Å². The summed E-state index contributed by atoms with van der Waals surface area (Å²) in [6.45, 7) is 0.449. The van der Waals surface area contributed by atoms with Gasteiger partial charge in [0, 0.05) is 18.2 Å². The van der Waals surface area contributed by atoms with E-state index >= 15 is 0 Å². The SMILES string of the molecule is O=C(NCCc1ccc(CO)cc1)C1(c2ccc(F)cc2F)CCC1. The van der Waals surface area contributed by atoms with E-state index in [1.54, 1.807) is 0 Å². The van der Waals surface area contributed by atoms with Crippen LogP contribution in [-0.2, 0) is 23.2 Å². The number of amides is 1. The van der Waals surface area contributed by atoms with Crippen LogP contribution < -0.4 is 5.32 Å². The normalized spacial score (nSPS) is 15.5. The minimum atomic E-state index is -0.876. The first-order chi connectivity index (χ1) is 12.0. The molecule has 0 spiro atoms. The van der Waals surface area contributed by atoms with Crippen LogP contribution in [0.4, 0.5) is 8.78 Å². The first-order valence-electron chi connectivity index (χ1n) is 8.48. The lowest BCUT2D eigenvalue weighted by Crippen LogP contribution is -2.50. The highest BCUT2D eigenvalue weighted by molar-refractivity contribution is 5.89. The molecule has 1 aliphatic rings. The standard InChI is InChI=1S/C20H21F2NO2/c21-16-6-7-17(18(22)12-16)20(9-1-10-20)19(25)23-11-8-14-2-4-15(13-24)5-3-14/h2-7,12,24H,1,8-11,13H2,(H,23,25). The van der Waals surface area contributed by atoms with Crippen LogP contribution in [0.15, 0.2) is 42.5 Å². The average molecular weight is 345 g/mol. The Bertz CT molecular complexity index is 755. The summed E-state index contributed by atoms with van der Waals surface area (Å²) >= 11 is 0. The molecule has 0 aliphatic heterocycles. The Morgan fingerprint density at radius 2 is 1.76 bits per heavy atom. The molecule has 1 amide bonds. The number of hydrogen-bond acceptors (Lipinski definition) is 2. The van der Waals surface area contributed by atoms with Gasteiger partial charge in [0.05, 0.1) is 12.0 Å². The predicted octanol–water partition coefficient (Wildman–Crippen LogP) is 3.24. The van der Waals surface area contributed by atoms with E-state index in [4.69, 9.17) is 5.11 Å². The summed E-state index contributed by atoms with van der Waals surface area (Å²) in [6, 6.07) is 10.9. The van der Waals surface area contributed by atoms with Crippen molar-refractivity contribution in [3.63, 3.8) is 0 Å². The Hall–Kier alpha value is -2.27. The third kappa shape index (κ3) is 3.56. The second kappa shape index (κ2) is 7.31. The van der Waals surface area contributed by atoms with E-state index in [2.05, 4.69) is 5.32 Å². The van der Waals surface area contributed by atoms with Crippen LogP contribution in [0.25, 0.3) is 0 Å². The Balaban J connectivity index is 1.64. The molecule has 0 saturated heterocycles. The summed E-state index contributed by atoms with van der Waals surface area (Å²) in [5.41, 5.74) is 1.30. The molecule has 3 nitrogen and oxygen atoms in total. The summed E-state index contributed by atoms with van der Waals surface area (Å²) in [6.07, 6.45) is 2.66. The van der Waals surface area contributed by atoms with Gasteiger partial charge in [-0.3, -0.25) is 4.79 Å². The lowest BCUT2D eigenvalue weighted by molar-refractivity contribution is -0.130. The van der Waals surface area contributed by atoms with Gasteiger partial charge in [0.2, 0.25) is 5.91 Å². The third-order valence-electron chi connectivity index (χ3n) is 4.99. The van der Waals surface area contributed by atoms with Crippen molar-refractivity contribution in [3.05, 3.63) is 70.8 Å². The van der Waals surface area contributed by atoms with Gasteiger partial charge in [0.1, 0.15) is 11.6 Å². The number of nitrogens with one attached hydrogen (secondary N) is 1. The quantitative estimate of drug-likeness (QED) is 0.844. The van der Waals surface area contributed by atoms with Crippen LogP contribution in [-0.4, -0.2) is 17.6 Å². The largest absolute Gasteiger partial charge is 0.392 e. The summed E-state index contributed by atoms with van der Waals surface area (Å²) < 4.78 is 27.3. The predicted molar refractivity (Wildman–Crippen MR) is 91.0 cm³/mol. The maximum absolute atomic E-state index is 14.1. The molecule has 1 saturated carbocycles. The average Bonchev–Trinajstić information content (AvgIpc) is 2.56. The molecule has 0 radical (unpaired) electrons. The monoisotopic (exact) mass is 345 g/mol. The van der Waals surface area contributed by atoms with Crippen molar-refractivity contribution in [2.75, 3.05) is 6.54 Å². The van der Waals surface area contributed by atoms with Crippen LogP contribution in [0.1, 0.15) is 36.0 Å². The van der Waals surface area contributed by atoms with E-state index in [-0.39, 0.29) is 18.1 Å². The lowest BCUT2D eigenvalue weighted by atomic mass is 9.63. The van der Waals surface area contributed by atoms with Gasteiger partial charge in [-0.05, 0) is 36.5 Å². The molecule has 132 valence electrons. The zero-order valence-electron chi connectivity index (χ0n) is 13.9. The zero-order chi connectivity index (χ0) is 17.9. The highest BCUT2D eigenvalue weighted by Gasteiger charge is 2.47. The molecule has 2 aromatic rings. The highest BCUT2D eigenvalue weighted by Crippen LogP contribution is 2.45. The van der Waals surface area contributed by atoms with Crippen molar-refractivity contribution in [1.82, 2.24) is 5.32 Å². The van der Waals surface area contributed by atoms with Gasteiger partial charge < -0.3 is 10.4 Å². The summed E-state index contributed by atoms with van der Waals surface area (Å²) in [5, 5.41) is 11.9. The molecule has 0 aromatic heterocycles. The Morgan fingerprint density at radius 1 is 1.08 bits per heavy atom. The minimum Gasteiger partial charge on any atom is -0.392 e. The zero-order valence-corrected chi connectivity index (χ0v) is 13.9. The van der Waals surface area contributed by atoms with Crippen LogP contribution in [0.3, 0.4) is 0 Å². The highest BCUT2D eigenvalue weighted by atomic mass is 19.1. The van der Waals surface area contributed by atoms with Crippen LogP contribution in [0.2, 0.25) is 0 Å². The smallest absolute Gasteiger partial charge is 0.230 e. The minimum absolute atomic E-state index is 0.00275. The molecule has 1 aliphatic carbocycles. The number of halogens is 2. The maximum Gasteiger partial charge on any atom is 0.230 e. The number of hydrogen-bond donors (Lipinski definition) is 2. The molecule has 3 rings (SSSR count). The maximum atomic E-state index is 14.1. The number of carbonyl (C=O) groups excluding carboxylic acids is 1. The van der Waals surface area contributed by atoms with E-state index < -0.39 is 17.0 Å². The van der Waals surface area contributed by atoms with Crippen molar-refractivity contribution >= 4 is 5.91 Å². The van der Waals surface area contributed by atoms with Gasteiger partial charge in [-0.15, -0.1) is 0 Å². The number of carbonyl (C=O) groups is 1. The summed E-state index contributed by atoms with van der Waals surface area (Å²) in [4.78, 5) is 12.7. The van der Waals surface area contributed by atoms with Gasteiger partial charge in [-0.25, -0.2) is 8.78 Å². The summed E-state index contributed by atoms with van der Waals surface area (Å²) in [5.74, 6) is -1.49. The van der Waals surface area contributed by atoms with Gasteiger partial charge in [0.25, 0.3) is 0 Å². The van der Waals surface area contributed by atoms with E-state index in [1.165, 1.54) is 12.1 Å². The van der Waals surface area contributed by atoms with Crippen LogP contribution in [0.5, 0.6) is 0 Å². The Kier molecular flexibility index (Phi) is 5.13. The van der Waals surface area contributed by atoms with E-state index in [0.717, 1.165) is 23.6 Å². The molecular weight excluding hydrogens is 324 g/mol. The van der Waals surface area contributed by atoms with Gasteiger partial charge in [-0.2, -0.15) is 0 Å². The molecule has 5 heteroatoms. The second-order valence-corrected chi connectivity index (χ2v) is 6.54. The Morgan fingerprint density at radius 3 is 2.32 bits per heavy atom. The molecule has 0 unspecified atom stereocenters. The van der Waals surface area contributed by atoms with Crippen molar-refractivity contribution in [2.45, 2.75) is 37.7 Å². The van der Waals surface area contributed by atoms with E-state index in [9.17, 15) is 13.6 Å². The van der Waals surface area contributed by atoms with Crippen molar-refractivity contribution < 1.29 is 18.7 Å². The van der Waals surface area contributed by atoms with Crippen LogP contribution in [0, 0.1) is 11.6 Å². The molecule has 0 heterocycles. The van der Waals surface area contributed by atoms with Gasteiger partial charge in [-0.1, -0.05) is 36.8 Å². The fourth-order valence-corrected chi connectivity index (χ4v) is 3.33. The fraction of sp³-hybridized carbons (Fsp3) is 0.350. The first-order valence-corrected chi connectivity index (χ1v) is 8.48. The number of benzene rings is 2. The molecule has 2 aromatic carbocycles. The Labute approximate surface area is 145 Å². The molecule has 2 N–H and O–H groups in total. The molecule has 0 atom stereocenters. The van der Waals surface area contributed by atoms with Crippen molar-refractivity contribution in [1.29, 1.82) is 0 Å². The van der Waals surface area contributed by atoms with Crippen LogP contribution >= 0.6 is 0 Å². The molecule has 0 bridgehead atoms. The van der Waals surface area contributed by atoms with E-state index in [1.807, 2.05) is 24.3 Å². The first kappa shape index (κ1) is 17.5. The lowest BCUT2D eigenvalue weighted by Gasteiger charge is -2.40. The van der Waals surface area contributed by atoms with Crippen molar-refractivity contribution in [3.8, 4) is 0 Å².